The topological polar surface area (TPSA) is 50.1 Å². The van der Waals surface area contributed by atoms with Crippen LogP contribution in [0, 0.1) is 17.3 Å². The Labute approximate surface area is 119 Å². The van der Waals surface area contributed by atoms with E-state index in [1.807, 2.05) is 0 Å². The highest BCUT2D eigenvalue weighted by Gasteiger charge is 2.40. The van der Waals surface area contributed by atoms with E-state index in [9.17, 15) is 0 Å². The molecule has 3 nitrogen and oxygen atoms in total. The molecule has 0 saturated carbocycles. The zero-order chi connectivity index (χ0) is 13.9. The highest BCUT2D eigenvalue weighted by Crippen LogP contribution is 2.42. The van der Waals surface area contributed by atoms with Crippen molar-refractivity contribution in [1.29, 1.82) is 0 Å². The van der Waals surface area contributed by atoms with Crippen molar-refractivity contribution in [2.45, 2.75) is 58.4 Å². The molecular formula is C16H33N3. The molecule has 2 rings (SSSR count). The fraction of sp³-hybridized carbons (Fsp3) is 1.00. The van der Waals surface area contributed by atoms with Crippen molar-refractivity contribution in [3.8, 4) is 0 Å². The molecule has 0 aromatic carbocycles. The third kappa shape index (κ3) is 3.93. The van der Waals surface area contributed by atoms with E-state index in [-0.39, 0.29) is 5.54 Å². The van der Waals surface area contributed by atoms with Gasteiger partial charge >= 0.3 is 0 Å². The number of nitrogens with two attached hydrogens (primary N) is 1. The second kappa shape index (κ2) is 6.11. The largest absolute Gasteiger partial charge is 0.325 e. The van der Waals surface area contributed by atoms with Crippen LogP contribution >= 0.6 is 0 Å². The van der Waals surface area contributed by atoms with Crippen LogP contribution in [0.2, 0.25) is 0 Å². The molecule has 2 heterocycles. The first kappa shape index (κ1) is 15.3. The Morgan fingerprint density at radius 2 is 1.26 bits per heavy atom. The van der Waals surface area contributed by atoms with Crippen LogP contribution in [0.4, 0.5) is 0 Å². The van der Waals surface area contributed by atoms with Gasteiger partial charge in [0.25, 0.3) is 0 Å². The van der Waals surface area contributed by atoms with Crippen LogP contribution in [0.1, 0.15) is 52.9 Å². The van der Waals surface area contributed by atoms with E-state index in [0.717, 1.165) is 25.4 Å². The molecule has 4 N–H and O–H groups in total. The summed E-state index contributed by atoms with van der Waals surface area (Å²) in [6, 6.07) is 0. The first-order valence-electron chi connectivity index (χ1n) is 8.12. The van der Waals surface area contributed by atoms with E-state index in [2.05, 4.69) is 31.4 Å². The van der Waals surface area contributed by atoms with Gasteiger partial charge in [0.2, 0.25) is 0 Å². The van der Waals surface area contributed by atoms with Gasteiger partial charge < -0.3 is 16.4 Å². The Hall–Kier alpha value is -0.120. The van der Waals surface area contributed by atoms with E-state index in [0.29, 0.717) is 11.3 Å². The molecule has 3 heteroatoms. The minimum atomic E-state index is -0.00350. The van der Waals surface area contributed by atoms with Crippen molar-refractivity contribution >= 4 is 0 Å². The van der Waals surface area contributed by atoms with Gasteiger partial charge in [0.1, 0.15) is 0 Å². The Kier molecular flexibility index (Phi) is 4.91. The van der Waals surface area contributed by atoms with Crippen molar-refractivity contribution in [2.24, 2.45) is 23.0 Å². The SMILES string of the molecule is CC(C)(CC(C)(N)C1CCNCC1)C1CCNCC1. The van der Waals surface area contributed by atoms with Gasteiger partial charge in [-0.1, -0.05) is 13.8 Å². The van der Waals surface area contributed by atoms with Crippen LogP contribution in [0.3, 0.4) is 0 Å². The molecule has 0 amide bonds. The molecule has 0 radical (unpaired) electrons. The summed E-state index contributed by atoms with van der Waals surface area (Å²) in [5.74, 6) is 1.52. The molecule has 0 spiro atoms. The molecule has 19 heavy (non-hydrogen) atoms. The maximum absolute atomic E-state index is 6.74. The Morgan fingerprint density at radius 3 is 1.74 bits per heavy atom. The quantitative estimate of drug-likeness (QED) is 0.731. The summed E-state index contributed by atoms with van der Waals surface area (Å²) in [7, 11) is 0. The number of rotatable bonds is 4. The summed E-state index contributed by atoms with van der Waals surface area (Å²) in [5, 5.41) is 6.92. The molecule has 2 saturated heterocycles. The summed E-state index contributed by atoms with van der Waals surface area (Å²) in [6.07, 6.45) is 6.28. The third-order valence-electron chi connectivity index (χ3n) is 5.55. The fourth-order valence-electron chi connectivity index (χ4n) is 4.36. The van der Waals surface area contributed by atoms with E-state index in [1.54, 1.807) is 0 Å². The summed E-state index contributed by atoms with van der Waals surface area (Å²) >= 11 is 0. The zero-order valence-corrected chi connectivity index (χ0v) is 13.1. The van der Waals surface area contributed by atoms with Crippen LogP contribution in [0.25, 0.3) is 0 Å². The average molecular weight is 267 g/mol. The van der Waals surface area contributed by atoms with Gasteiger partial charge in [-0.05, 0) is 82.5 Å². The van der Waals surface area contributed by atoms with Crippen molar-refractivity contribution in [2.75, 3.05) is 26.2 Å². The average Bonchev–Trinajstić information content (AvgIpc) is 2.40. The molecule has 0 aliphatic carbocycles. The van der Waals surface area contributed by atoms with E-state index in [4.69, 9.17) is 5.73 Å². The van der Waals surface area contributed by atoms with Gasteiger partial charge in [0.05, 0.1) is 0 Å². The minimum Gasteiger partial charge on any atom is -0.325 e. The van der Waals surface area contributed by atoms with Gasteiger partial charge in [-0.15, -0.1) is 0 Å². The van der Waals surface area contributed by atoms with Crippen LogP contribution in [-0.4, -0.2) is 31.7 Å². The lowest BCUT2D eigenvalue weighted by atomic mass is 9.64. The van der Waals surface area contributed by atoms with Crippen LogP contribution in [-0.2, 0) is 0 Å². The molecular weight excluding hydrogens is 234 g/mol. The summed E-state index contributed by atoms with van der Waals surface area (Å²) in [5.41, 5.74) is 7.11. The second-order valence-corrected chi connectivity index (χ2v) is 7.72. The lowest BCUT2D eigenvalue weighted by molar-refractivity contribution is 0.0885. The Bertz CT molecular complexity index is 246. The molecule has 0 aromatic rings. The Balaban J connectivity index is 1.96. The van der Waals surface area contributed by atoms with Crippen molar-refractivity contribution < 1.29 is 0 Å². The van der Waals surface area contributed by atoms with E-state index >= 15 is 0 Å². The molecule has 0 bridgehead atoms. The van der Waals surface area contributed by atoms with Crippen LogP contribution in [0.15, 0.2) is 0 Å². The first-order chi connectivity index (χ1) is 8.92. The standard InChI is InChI=1S/C16H33N3/c1-15(2,13-4-8-18-9-5-13)12-16(3,17)14-6-10-19-11-7-14/h13-14,18-19H,4-12,17H2,1-3H3. The van der Waals surface area contributed by atoms with Crippen molar-refractivity contribution in [3.63, 3.8) is 0 Å². The number of piperidine rings is 2. The monoisotopic (exact) mass is 267 g/mol. The second-order valence-electron chi connectivity index (χ2n) is 7.72. The summed E-state index contributed by atoms with van der Waals surface area (Å²) in [4.78, 5) is 0. The number of nitrogens with one attached hydrogen (secondary N) is 2. The van der Waals surface area contributed by atoms with Crippen molar-refractivity contribution in [1.82, 2.24) is 10.6 Å². The molecule has 0 aromatic heterocycles. The summed E-state index contributed by atoms with van der Waals surface area (Å²) < 4.78 is 0. The summed E-state index contributed by atoms with van der Waals surface area (Å²) in [6.45, 7) is 11.8. The van der Waals surface area contributed by atoms with Crippen LogP contribution in [0.5, 0.6) is 0 Å². The molecule has 2 aliphatic rings. The molecule has 1 unspecified atom stereocenters. The van der Waals surface area contributed by atoms with E-state index < -0.39 is 0 Å². The molecule has 2 aliphatic heterocycles. The smallest absolute Gasteiger partial charge is 0.0160 e. The Morgan fingerprint density at radius 1 is 0.842 bits per heavy atom. The fourth-order valence-corrected chi connectivity index (χ4v) is 4.36. The van der Waals surface area contributed by atoms with Gasteiger partial charge in [-0.25, -0.2) is 0 Å². The normalized spacial score (nSPS) is 27.2. The van der Waals surface area contributed by atoms with Gasteiger partial charge in [0.15, 0.2) is 0 Å². The number of hydrogen-bond donors (Lipinski definition) is 3. The lowest BCUT2D eigenvalue weighted by Gasteiger charge is -2.46. The maximum atomic E-state index is 6.74. The maximum Gasteiger partial charge on any atom is 0.0160 e. The molecule has 1 atom stereocenters. The third-order valence-corrected chi connectivity index (χ3v) is 5.55. The highest BCUT2D eigenvalue weighted by atomic mass is 14.9. The lowest BCUT2D eigenvalue weighted by Crippen LogP contribution is -2.52. The van der Waals surface area contributed by atoms with Gasteiger partial charge in [0, 0.05) is 5.54 Å². The minimum absolute atomic E-state index is 0.00350. The van der Waals surface area contributed by atoms with Crippen molar-refractivity contribution in [3.05, 3.63) is 0 Å². The molecule has 2 fully saturated rings. The molecule has 112 valence electrons. The predicted molar refractivity (Wildman–Crippen MR) is 82.2 cm³/mol. The van der Waals surface area contributed by atoms with Gasteiger partial charge in [-0.3, -0.25) is 0 Å². The van der Waals surface area contributed by atoms with E-state index in [1.165, 1.54) is 38.8 Å². The highest BCUT2D eigenvalue weighted by molar-refractivity contribution is 4.96. The zero-order valence-electron chi connectivity index (χ0n) is 13.1. The predicted octanol–water partition coefficient (Wildman–Crippen LogP) is 2.12. The van der Waals surface area contributed by atoms with Gasteiger partial charge in [-0.2, -0.15) is 0 Å². The van der Waals surface area contributed by atoms with Crippen LogP contribution < -0.4 is 16.4 Å². The number of hydrogen-bond acceptors (Lipinski definition) is 3. The first-order valence-corrected chi connectivity index (χ1v) is 8.12.